The zero-order valence-electron chi connectivity index (χ0n) is 11.7. The number of benzene rings is 1. The van der Waals surface area contributed by atoms with Gasteiger partial charge < -0.3 is 5.73 Å². The molecule has 0 atom stereocenters. The van der Waals surface area contributed by atoms with E-state index in [9.17, 15) is 8.42 Å². The molecule has 0 saturated heterocycles. The summed E-state index contributed by atoms with van der Waals surface area (Å²) in [6.07, 6.45) is 6.43. The lowest BCUT2D eigenvalue weighted by molar-refractivity contribution is 0.336. The molecular weight excluding hydrogens is 296 g/mol. The molecule has 20 heavy (non-hydrogen) atoms. The normalized spacial score (nSPS) is 18.1. The Morgan fingerprint density at radius 1 is 1.20 bits per heavy atom. The quantitative estimate of drug-likeness (QED) is 0.687. The molecule has 0 heterocycles. The highest BCUT2D eigenvalue weighted by molar-refractivity contribution is 7.89. The summed E-state index contributed by atoms with van der Waals surface area (Å²) in [5.41, 5.74) is 6.00. The van der Waals surface area contributed by atoms with Crippen molar-refractivity contribution in [2.24, 2.45) is 0 Å². The Kier molecular flexibility index (Phi) is 4.94. The SMILES string of the molecule is CN(C1CCCCCC1)S(=O)(=O)c1ccc(Cl)c(N)c1. The van der Waals surface area contributed by atoms with Crippen LogP contribution in [0.2, 0.25) is 5.02 Å². The summed E-state index contributed by atoms with van der Waals surface area (Å²) in [5, 5.41) is 0.376. The van der Waals surface area contributed by atoms with Crippen molar-refractivity contribution in [3.63, 3.8) is 0 Å². The summed E-state index contributed by atoms with van der Waals surface area (Å²) in [5.74, 6) is 0. The van der Waals surface area contributed by atoms with Gasteiger partial charge in [0.2, 0.25) is 10.0 Å². The Balaban J connectivity index is 2.26. The minimum atomic E-state index is -3.50. The maximum Gasteiger partial charge on any atom is 0.243 e. The lowest BCUT2D eigenvalue weighted by Crippen LogP contribution is -2.36. The molecule has 112 valence electrons. The van der Waals surface area contributed by atoms with Gasteiger partial charge in [0.15, 0.2) is 0 Å². The summed E-state index contributed by atoms with van der Waals surface area (Å²) < 4.78 is 26.8. The zero-order valence-corrected chi connectivity index (χ0v) is 13.3. The molecule has 0 spiro atoms. The van der Waals surface area contributed by atoms with E-state index >= 15 is 0 Å². The van der Waals surface area contributed by atoms with Crippen molar-refractivity contribution in [1.82, 2.24) is 4.31 Å². The molecule has 6 heteroatoms. The summed E-state index contributed by atoms with van der Waals surface area (Å²) in [4.78, 5) is 0.214. The summed E-state index contributed by atoms with van der Waals surface area (Å²) in [6, 6.07) is 4.57. The van der Waals surface area contributed by atoms with E-state index in [1.54, 1.807) is 7.05 Å². The van der Waals surface area contributed by atoms with Crippen molar-refractivity contribution in [2.45, 2.75) is 49.5 Å². The third-order valence-electron chi connectivity index (χ3n) is 3.98. The van der Waals surface area contributed by atoms with Crippen molar-refractivity contribution in [1.29, 1.82) is 0 Å². The summed E-state index contributed by atoms with van der Waals surface area (Å²) in [6.45, 7) is 0. The van der Waals surface area contributed by atoms with Gasteiger partial charge in [-0.1, -0.05) is 37.3 Å². The Morgan fingerprint density at radius 3 is 2.35 bits per heavy atom. The first-order valence-corrected chi connectivity index (χ1v) is 8.78. The van der Waals surface area contributed by atoms with Crippen LogP contribution in [-0.4, -0.2) is 25.8 Å². The van der Waals surface area contributed by atoms with Crippen LogP contribution in [0.5, 0.6) is 0 Å². The van der Waals surface area contributed by atoms with E-state index in [0.29, 0.717) is 10.7 Å². The van der Waals surface area contributed by atoms with Crippen molar-refractivity contribution >= 4 is 27.3 Å². The Labute approximate surface area is 126 Å². The third kappa shape index (κ3) is 3.27. The van der Waals surface area contributed by atoms with Crippen LogP contribution in [0.4, 0.5) is 5.69 Å². The minimum absolute atomic E-state index is 0.0828. The molecule has 0 bridgehead atoms. The number of sulfonamides is 1. The van der Waals surface area contributed by atoms with Gasteiger partial charge in [0.05, 0.1) is 15.6 Å². The van der Waals surface area contributed by atoms with Gasteiger partial charge in [0.25, 0.3) is 0 Å². The molecule has 1 aromatic carbocycles. The average molecular weight is 317 g/mol. The highest BCUT2D eigenvalue weighted by Gasteiger charge is 2.28. The van der Waals surface area contributed by atoms with Gasteiger partial charge in [-0.25, -0.2) is 8.42 Å². The fourth-order valence-corrected chi connectivity index (χ4v) is 4.24. The van der Waals surface area contributed by atoms with Gasteiger partial charge in [0, 0.05) is 13.1 Å². The average Bonchev–Trinajstić information content (AvgIpc) is 2.69. The fraction of sp³-hybridized carbons (Fsp3) is 0.571. The molecule has 1 aliphatic rings. The van der Waals surface area contributed by atoms with Crippen LogP contribution in [0.25, 0.3) is 0 Å². The number of nitrogen functional groups attached to an aromatic ring is 1. The van der Waals surface area contributed by atoms with Crippen molar-refractivity contribution < 1.29 is 8.42 Å². The van der Waals surface area contributed by atoms with Crippen LogP contribution in [0.3, 0.4) is 0 Å². The van der Waals surface area contributed by atoms with Gasteiger partial charge in [-0.3, -0.25) is 0 Å². The van der Waals surface area contributed by atoms with E-state index in [4.69, 9.17) is 17.3 Å². The van der Waals surface area contributed by atoms with Gasteiger partial charge in [-0.15, -0.1) is 0 Å². The Hall–Kier alpha value is -0.780. The summed E-state index contributed by atoms with van der Waals surface area (Å²) >= 11 is 5.85. The van der Waals surface area contributed by atoms with Gasteiger partial charge >= 0.3 is 0 Å². The van der Waals surface area contributed by atoms with Crippen molar-refractivity contribution in [3.8, 4) is 0 Å². The number of nitrogens with zero attached hydrogens (tertiary/aromatic N) is 1. The number of halogens is 1. The molecule has 2 rings (SSSR count). The third-order valence-corrected chi connectivity index (χ3v) is 6.23. The maximum atomic E-state index is 12.6. The molecular formula is C14H21ClN2O2S. The molecule has 0 aliphatic heterocycles. The zero-order chi connectivity index (χ0) is 14.8. The molecule has 0 radical (unpaired) electrons. The lowest BCUT2D eigenvalue weighted by Gasteiger charge is -2.26. The van der Waals surface area contributed by atoms with Gasteiger partial charge in [-0.05, 0) is 31.0 Å². The van der Waals surface area contributed by atoms with Crippen LogP contribution < -0.4 is 5.73 Å². The van der Waals surface area contributed by atoms with Crippen LogP contribution in [0.15, 0.2) is 23.1 Å². The second kappa shape index (κ2) is 6.33. The molecule has 2 N–H and O–H groups in total. The molecule has 4 nitrogen and oxygen atoms in total. The number of nitrogens with two attached hydrogens (primary N) is 1. The second-order valence-electron chi connectivity index (χ2n) is 5.35. The topological polar surface area (TPSA) is 63.4 Å². The van der Waals surface area contributed by atoms with Crippen molar-refractivity contribution in [2.75, 3.05) is 12.8 Å². The molecule has 0 amide bonds. The van der Waals surface area contributed by atoms with Gasteiger partial charge in [-0.2, -0.15) is 4.31 Å². The highest BCUT2D eigenvalue weighted by Crippen LogP contribution is 2.28. The predicted octanol–water partition coefficient (Wildman–Crippen LogP) is 3.27. The smallest absolute Gasteiger partial charge is 0.243 e. The second-order valence-corrected chi connectivity index (χ2v) is 7.75. The van der Waals surface area contributed by atoms with E-state index in [-0.39, 0.29) is 10.9 Å². The first kappa shape index (κ1) is 15.6. The first-order chi connectivity index (χ1) is 9.43. The Morgan fingerprint density at radius 2 is 1.80 bits per heavy atom. The van der Waals surface area contributed by atoms with E-state index in [0.717, 1.165) is 25.7 Å². The van der Waals surface area contributed by atoms with E-state index < -0.39 is 10.0 Å². The first-order valence-electron chi connectivity index (χ1n) is 6.96. The van der Waals surface area contributed by atoms with Gasteiger partial charge in [0.1, 0.15) is 0 Å². The summed E-state index contributed by atoms with van der Waals surface area (Å²) in [7, 11) is -1.84. The van der Waals surface area contributed by atoms with E-state index in [1.165, 1.54) is 35.3 Å². The highest BCUT2D eigenvalue weighted by atomic mass is 35.5. The van der Waals surface area contributed by atoms with Crippen LogP contribution in [0, 0.1) is 0 Å². The molecule has 0 unspecified atom stereocenters. The number of hydrogen-bond donors (Lipinski definition) is 1. The number of anilines is 1. The largest absolute Gasteiger partial charge is 0.397 e. The monoisotopic (exact) mass is 316 g/mol. The molecule has 1 saturated carbocycles. The van der Waals surface area contributed by atoms with E-state index in [1.807, 2.05) is 0 Å². The standard InChI is InChI=1S/C14H21ClN2O2S/c1-17(11-6-4-2-3-5-7-11)20(18,19)12-8-9-13(15)14(16)10-12/h8-11H,2-7,16H2,1H3. The van der Waals surface area contributed by atoms with Crippen LogP contribution in [0.1, 0.15) is 38.5 Å². The maximum absolute atomic E-state index is 12.6. The minimum Gasteiger partial charge on any atom is -0.397 e. The van der Waals surface area contributed by atoms with Crippen molar-refractivity contribution in [3.05, 3.63) is 23.2 Å². The molecule has 0 aromatic heterocycles. The lowest BCUT2D eigenvalue weighted by atomic mass is 10.1. The Bertz CT molecular complexity index is 567. The fourth-order valence-electron chi connectivity index (χ4n) is 2.67. The number of hydrogen-bond acceptors (Lipinski definition) is 3. The van der Waals surface area contributed by atoms with Crippen LogP contribution >= 0.6 is 11.6 Å². The van der Waals surface area contributed by atoms with E-state index in [2.05, 4.69) is 0 Å². The molecule has 1 fully saturated rings. The number of rotatable bonds is 3. The predicted molar refractivity (Wildman–Crippen MR) is 82.3 cm³/mol. The van der Waals surface area contributed by atoms with Crippen LogP contribution in [-0.2, 0) is 10.0 Å². The molecule has 1 aliphatic carbocycles. The molecule has 1 aromatic rings.